The number of piperidine rings is 1. The van der Waals surface area contributed by atoms with E-state index in [9.17, 15) is 13.2 Å². The van der Waals surface area contributed by atoms with Gasteiger partial charge in [-0.25, -0.2) is 8.42 Å². The van der Waals surface area contributed by atoms with Crippen LogP contribution in [0, 0.1) is 0 Å². The van der Waals surface area contributed by atoms with Crippen LogP contribution in [-0.2, 0) is 10.0 Å². The third kappa shape index (κ3) is 5.30. The highest BCUT2D eigenvalue weighted by atomic mass is 32.2. The van der Waals surface area contributed by atoms with Gasteiger partial charge in [-0.15, -0.1) is 0 Å². The van der Waals surface area contributed by atoms with Crippen molar-refractivity contribution >= 4 is 15.9 Å². The zero-order valence-electron chi connectivity index (χ0n) is 17.2. The van der Waals surface area contributed by atoms with Crippen molar-refractivity contribution < 1.29 is 13.2 Å². The Balaban J connectivity index is 2.01. The number of nitrogens with zero attached hydrogens (tertiary/aromatic N) is 2. The summed E-state index contributed by atoms with van der Waals surface area (Å²) >= 11 is 0. The molecule has 1 aromatic rings. The van der Waals surface area contributed by atoms with Crippen LogP contribution in [0.15, 0.2) is 29.2 Å². The van der Waals surface area contributed by atoms with Gasteiger partial charge >= 0.3 is 0 Å². The lowest BCUT2D eigenvalue weighted by Gasteiger charge is -2.41. The molecule has 7 heteroatoms. The van der Waals surface area contributed by atoms with Crippen LogP contribution in [-0.4, -0.2) is 61.8 Å². The number of carbonyl (C=O) groups excluding carboxylic acids is 1. The third-order valence-corrected chi connectivity index (χ3v) is 7.46. The van der Waals surface area contributed by atoms with Crippen molar-refractivity contribution in [3.05, 3.63) is 29.8 Å². The van der Waals surface area contributed by atoms with Gasteiger partial charge in [-0.05, 0) is 77.9 Å². The van der Waals surface area contributed by atoms with Gasteiger partial charge in [0.2, 0.25) is 10.0 Å². The molecule has 1 N–H and O–H groups in total. The number of hydrogen-bond acceptors (Lipinski definition) is 4. The van der Waals surface area contributed by atoms with E-state index in [2.05, 4.69) is 24.1 Å². The lowest BCUT2D eigenvalue weighted by molar-refractivity contribution is 0.0797. The second-order valence-corrected chi connectivity index (χ2v) is 10.2. The molecule has 0 unspecified atom stereocenters. The molecule has 6 nitrogen and oxygen atoms in total. The van der Waals surface area contributed by atoms with Gasteiger partial charge in [0.05, 0.1) is 4.90 Å². The number of benzene rings is 1. The molecule has 0 aliphatic carbocycles. The summed E-state index contributed by atoms with van der Waals surface area (Å²) in [5.74, 6) is -0.179. The summed E-state index contributed by atoms with van der Waals surface area (Å²) < 4.78 is 26.3. The second-order valence-electron chi connectivity index (χ2n) is 8.18. The van der Waals surface area contributed by atoms with Crippen LogP contribution in [0.3, 0.4) is 0 Å². The Morgan fingerprint density at radius 3 is 2.22 bits per heavy atom. The van der Waals surface area contributed by atoms with Gasteiger partial charge in [-0.1, -0.05) is 6.42 Å². The highest BCUT2D eigenvalue weighted by molar-refractivity contribution is 7.89. The minimum absolute atomic E-state index is 0.0979. The lowest BCUT2D eigenvalue weighted by Crippen LogP contribution is -2.53. The van der Waals surface area contributed by atoms with Gasteiger partial charge in [0, 0.05) is 30.7 Å². The Labute approximate surface area is 164 Å². The molecule has 1 aromatic carbocycles. The van der Waals surface area contributed by atoms with E-state index in [0.717, 1.165) is 13.1 Å². The Hall–Kier alpha value is -1.44. The van der Waals surface area contributed by atoms with Crippen LogP contribution in [0.1, 0.15) is 57.3 Å². The summed E-state index contributed by atoms with van der Waals surface area (Å²) in [6, 6.07) is 6.02. The lowest BCUT2D eigenvalue weighted by atomic mass is 9.98. The van der Waals surface area contributed by atoms with Gasteiger partial charge in [0.1, 0.15) is 0 Å². The van der Waals surface area contributed by atoms with Crippen LogP contribution >= 0.6 is 0 Å². The van der Waals surface area contributed by atoms with E-state index in [-0.39, 0.29) is 22.4 Å². The molecule has 1 aliphatic heterocycles. The van der Waals surface area contributed by atoms with Gasteiger partial charge in [-0.2, -0.15) is 4.31 Å². The van der Waals surface area contributed by atoms with E-state index < -0.39 is 10.0 Å². The zero-order chi connectivity index (χ0) is 20.2. The molecule has 1 saturated heterocycles. The van der Waals surface area contributed by atoms with E-state index in [1.54, 1.807) is 19.2 Å². The maximum absolute atomic E-state index is 12.5. The number of carbonyl (C=O) groups is 1. The number of amides is 1. The normalized spacial score (nSPS) is 16.7. The van der Waals surface area contributed by atoms with Crippen molar-refractivity contribution in [2.45, 2.75) is 63.4 Å². The first kappa shape index (κ1) is 21.9. The molecule has 0 aromatic heterocycles. The molecule has 0 spiro atoms. The fraction of sp³-hybridized carbons (Fsp3) is 0.650. The fourth-order valence-corrected chi connectivity index (χ4v) is 4.60. The minimum Gasteiger partial charge on any atom is -0.350 e. The highest BCUT2D eigenvalue weighted by Gasteiger charge is 2.28. The van der Waals surface area contributed by atoms with Gasteiger partial charge < -0.3 is 5.32 Å². The predicted octanol–water partition coefficient (Wildman–Crippen LogP) is 2.71. The molecule has 0 bridgehead atoms. The van der Waals surface area contributed by atoms with E-state index in [1.807, 2.05) is 13.8 Å². The summed E-state index contributed by atoms with van der Waals surface area (Å²) in [4.78, 5) is 15.1. The number of sulfonamides is 1. The molecule has 1 aliphatic rings. The Bertz CT molecular complexity index is 736. The largest absolute Gasteiger partial charge is 0.350 e. The van der Waals surface area contributed by atoms with Crippen molar-refractivity contribution in [1.29, 1.82) is 0 Å². The second kappa shape index (κ2) is 8.71. The van der Waals surface area contributed by atoms with Crippen LogP contribution in [0.5, 0.6) is 0 Å². The Morgan fingerprint density at radius 1 is 1.15 bits per heavy atom. The molecule has 1 fully saturated rings. The first-order valence-corrected chi connectivity index (χ1v) is 11.1. The summed E-state index contributed by atoms with van der Waals surface area (Å²) in [6.07, 6.45) is 3.69. The maximum atomic E-state index is 12.5. The van der Waals surface area contributed by atoms with Crippen LogP contribution < -0.4 is 5.32 Å². The minimum atomic E-state index is -3.54. The van der Waals surface area contributed by atoms with Crippen LogP contribution in [0.25, 0.3) is 0 Å². The molecule has 2 rings (SSSR count). The molecule has 1 heterocycles. The summed E-state index contributed by atoms with van der Waals surface area (Å²) in [5, 5.41) is 3.00. The van der Waals surface area contributed by atoms with Crippen molar-refractivity contribution in [3.63, 3.8) is 0 Å². The van der Waals surface area contributed by atoms with E-state index in [0.29, 0.717) is 12.1 Å². The van der Waals surface area contributed by atoms with Crippen molar-refractivity contribution in [1.82, 2.24) is 14.5 Å². The highest BCUT2D eigenvalue weighted by Crippen LogP contribution is 2.20. The Kier molecular flexibility index (Phi) is 7.05. The maximum Gasteiger partial charge on any atom is 0.251 e. The Morgan fingerprint density at radius 2 is 1.70 bits per heavy atom. The standard InChI is InChI=1S/C20H33N3O3S/c1-16(2)22(5)27(25,26)18-11-9-17(10-12-18)19(24)21-15-20(3,4)23-13-7-6-8-14-23/h9-12,16H,6-8,13-15H2,1-5H3,(H,21,24). The zero-order valence-corrected chi connectivity index (χ0v) is 18.0. The molecular formula is C20H33N3O3S. The first-order chi connectivity index (χ1) is 12.6. The summed E-state index contributed by atoms with van der Waals surface area (Å²) in [5.41, 5.74) is 0.370. The van der Waals surface area contributed by atoms with E-state index in [1.165, 1.54) is 35.7 Å². The molecule has 0 radical (unpaired) electrons. The number of hydrogen-bond donors (Lipinski definition) is 1. The number of likely N-dealkylation sites (tertiary alicyclic amines) is 1. The van der Waals surface area contributed by atoms with E-state index in [4.69, 9.17) is 0 Å². The van der Waals surface area contributed by atoms with Crippen molar-refractivity contribution in [2.24, 2.45) is 0 Å². The summed E-state index contributed by atoms with van der Waals surface area (Å²) in [6.45, 7) is 10.6. The quantitative estimate of drug-likeness (QED) is 0.771. The van der Waals surface area contributed by atoms with Gasteiger partial charge in [0.25, 0.3) is 5.91 Å². The molecule has 0 saturated carbocycles. The average Bonchev–Trinajstić information content (AvgIpc) is 2.66. The SMILES string of the molecule is CC(C)N(C)S(=O)(=O)c1ccc(C(=O)NCC(C)(C)N2CCCCC2)cc1. The van der Waals surface area contributed by atoms with Gasteiger partial charge in [0.15, 0.2) is 0 Å². The van der Waals surface area contributed by atoms with E-state index >= 15 is 0 Å². The van der Waals surface area contributed by atoms with Crippen LogP contribution in [0.2, 0.25) is 0 Å². The average molecular weight is 396 g/mol. The number of nitrogens with one attached hydrogen (secondary N) is 1. The van der Waals surface area contributed by atoms with Crippen molar-refractivity contribution in [3.8, 4) is 0 Å². The monoisotopic (exact) mass is 395 g/mol. The molecular weight excluding hydrogens is 362 g/mol. The smallest absolute Gasteiger partial charge is 0.251 e. The summed E-state index contributed by atoms with van der Waals surface area (Å²) in [7, 11) is -1.98. The van der Waals surface area contributed by atoms with Gasteiger partial charge in [-0.3, -0.25) is 9.69 Å². The molecule has 1 amide bonds. The molecule has 0 atom stereocenters. The first-order valence-electron chi connectivity index (χ1n) is 9.67. The fourth-order valence-electron chi connectivity index (χ4n) is 3.23. The van der Waals surface area contributed by atoms with Crippen molar-refractivity contribution in [2.75, 3.05) is 26.7 Å². The molecule has 27 heavy (non-hydrogen) atoms. The topological polar surface area (TPSA) is 69.7 Å². The predicted molar refractivity (Wildman–Crippen MR) is 108 cm³/mol. The number of rotatable bonds is 7. The third-order valence-electron chi connectivity index (χ3n) is 5.41. The molecule has 152 valence electrons. The van der Waals surface area contributed by atoms with Crippen LogP contribution in [0.4, 0.5) is 0 Å².